The zero-order chi connectivity index (χ0) is 57.6. The van der Waals surface area contributed by atoms with Crippen molar-refractivity contribution in [2.75, 3.05) is 28.4 Å². The van der Waals surface area contributed by atoms with Gasteiger partial charge in [0.15, 0.2) is 23.8 Å². The number of benzene rings is 8. The Hall–Kier alpha value is -9.43. The fraction of sp³-hybridized carbons (Fsp3) is 0.268. The number of fused-ring (bicyclic) bond motifs is 8. The number of aryl methyl sites for hydroxylation is 6. The Bertz CT molecular complexity index is 3780. The quantitative estimate of drug-likeness (QED) is 0.0841. The first-order chi connectivity index (χ1) is 41.7. The minimum Gasteiger partial charge on any atom is -0.497 e. The predicted molar refractivity (Wildman–Crippen MR) is 343 cm³/mol. The normalized spacial score (nSPS) is 19.2. The fourth-order valence-corrected chi connectivity index (χ4v) is 12.9. The Morgan fingerprint density at radius 3 is 1.25 bits per heavy atom. The molecule has 8 aromatic carbocycles. The van der Waals surface area contributed by atoms with Crippen LogP contribution < -0.4 is 47.3 Å². The SMILES string of the molecule is COc1ccc2c(c1)CN=C(NC1CCc3ccccc31)N2.Cc1ccc2c(c1)CN=C(NC1CCc3ccccc31)N2.Cc1cccc2c1CN=C(NC1CCc3ccccc31)N2.Fc1cccc2c1CN=C(NC1CCc3ccccc31)N2. The van der Waals surface area contributed by atoms with Gasteiger partial charge in [0.1, 0.15) is 11.6 Å². The van der Waals surface area contributed by atoms with Crippen LogP contribution in [0.25, 0.3) is 0 Å². The first-order valence-electron chi connectivity index (χ1n) is 30.0. The molecule has 4 heterocycles. The molecule has 4 unspecified atom stereocenters. The molecule has 13 nitrogen and oxygen atoms in total. The minimum atomic E-state index is -0.200. The molecule has 0 saturated carbocycles. The number of methoxy groups -OCH3 is 1. The van der Waals surface area contributed by atoms with Crippen LogP contribution in [0, 0.1) is 19.7 Å². The maximum Gasteiger partial charge on any atom is 0.196 e. The lowest BCUT2D eigenvalue weighted by Crippen LogP contribution is -2.35. The number of hydrogen-bond acceptors (Lipinski definition) is 13. The number of guanidine groups is 4. The van der Waals surface area contributed by atoms with Crippen molar-refractivity contribution in [3.63, 3.8) is 0 Å². The fourth-order valence-electron chi connectivity index (χ4n) is 12.9. The standard InChI is InChI=1S/C18H19N3O.2C18H19N3.C17H16FN3/c1-22-14-7-9-16-13(10-14)11-19-18(20-16)21-17-8-6-12-4-2-3-5-15(12)17;1-12-5-4-8-16-15(12)11-19-18(20-16)21-17-10-9-13-6-2-3-7-14(13)17;1-12-6-8-16-14(10-12)11-19-18(20-16)21-17-9-7-13-4-2-3-5-15(13)17;18-14-6-3-7-15-13(14)10-19-17(20-15)21-16-9-8-11-4-1-2-5-12(11)16/h2-5,7,9-10,17H,6,8,11H2,1H3,(H2,19,20,21);2-8,17H,9-11H2,1H3,(H2,19,20,21);2-6,8,10,17H,7,9,11H2,1H3,(H2,19,20,21);1-7,16H,8-10H2,(H2,19,20,21). The van der Waals surface area contributed by atoms with Gasteiger partial charge < -0.3 is 47.3 Å². The minimum absolute atomic E-state index is 0.200. The van der Waals surface area contributed by atoms with Crippen LogP contribution in [0.5, 0.6) is 5.75 Å². The summed E-state index contributed by atoms with van der Waals surface area (Å²) in [5, 5.41) is 27.6. The molecule has 85 heavy (non-hydrogen) atoms. The second-order valence-electron chi connectivity index (χ2n) is 22.9. The lowest BCUT2D eigenvalue weighted by atomic mass is 10.1. The first-order valence-corrected chi connectivity index (χ1v) is 30.0. The van der Waals surface area contributed by atoms with Crippen LogP contribution in [0.3, 0.4) is 0 Å². The van der Waals surface area contributed by atoms with E-state index in [9.17, 15) is 4.39 Å². The second-order valence-corrected chi connectivity index (χ2v) is 22.9. The van der Waals surface area contributed by atoms with E-state index in [4.69, 9.17) is 4.74 Å². The van der Waals surface area contributed by atoms with Crippen LogP contribution in [0.4, 0.5) is 27.1 Å². The number of aliphatic imine (C=N–C) groups is 4. The summed E-state index contributed by atoms with van der Waals surface area (Å²) in [5.74, 6) is 4.06. The Morgan fingerprint density at radius 1 is 0.388 bits per heavy atom. The molecule has 0 radical (unpaired) electrons. The number of hydrogen-bond donors (Lipinski definition) is 8. The van der Waals surface area contributed by atoms with Gasteiger partial charge in [-0.1, -0.05) is 133 Å². The van der Waals surface area contributed by atoms with Gasteiger partial charge in [0.05, 0.1) is 57.5 Å². The molecule has 4 atom stereocenters. The van der Waals surface area contributed by atoms with E-state index in [2.05, 4.69) is 210 Å². The van der Waals surface area contributed by atoms with E-state index in [0.29, 0.717) is 36.8 Å². The molecule has 4 aliphatic heterocycles. The van der Waals surface area contributed by atoms with E-state index in [1.54, 1.807) is 13.2 Å². The summed E-state index contributed by atoms with van der Waals surface area (Å²) in [5.41, 5.74) is 22.5. The van der Waals surface area contributed by atoms with Crippen molar-refractivity contribution in [2.24, 2.45) is 20.0 Å². The monoisotopic (exact) mass is 1130 g/mol. The highest BCUT2D eigenvalue weighted by atomic mass is 19.1. The van der Waals surface area contributed by atoms with Gasteiger partial charge in [0.25, 0.3) is 0 Å². The molecule has 8 N–H and O–H groups in total. The molecule has 430 valence electrons. The van der Waals surface area contributed by atoms with Crippen LogP contribution in [-0.2, 0) is 51.9 Å². The summed E-state index contributed by atoms with van der Waals surface area (Å²) in [7, 11) is 1.69. The van der Waals surface area contributed by atoms with Crippen LogP contribution in [0.15, 0.2) is 190 Å². The van der Waals surface area contributed by atoms with Gasteiger partial charge in [-0.25, -0.2) is 24.4 Å². The van der Waals surface area contributed by atoms with Crippen molar-refractivity contribution in [1.29, 1.82) is 0 Å². The third kappa shape index (κ3) is 12.3. The van der Waals surface area contributed by atoms with Crippen molar-refractivity contribution >= 4 is 46.6 Å². The largest absolute Gasteiger partial charge is 0.497 e. The average molecular weight is 1130 g/mol. The van der Waals surface area contributed by atoms with E-state index < -0.39 is 0 Å². The number of anilines is 4. The molecule has 14 heteroatoms. The van der Waals surface area contributed by atoms with Gasteiger partial charge in [-0.15, -0.1) is 0 Å². The van der Waals surface area contributed by atoms with Crippen LogP contribution in [-0.4, -0.2) is 30.9 Å². The predicted octanol–water partition coefficient (Wildman–Crippen LogP) is 13.7. The molecule has 8 aliphatic rings. The molecule has 0 aromatic heterocycles. The van der Waals surface area contributed by atoms with Gasteiger partial charge in [-0.3, -0.25) is 0 Å². The van der Waals surface area contributed by atoms with Crippen molar-refractivity contribution in [3.05, 3.63) is 254 Å². The van der Waals surface area contributed by atoms with Gasteiger partial charge >= 0.3 is 0 Å². The van der Waals surface area contributed by atoms with E-state index >= 15 is 0 Å². The van der Waals surface area contributed by atoms with Crippen LogP contribution in [0.2, 0.25) is 0 Å². The molecule has 4 aliphatic carbocycles. The first kappa shape index (κ1) is 54.8. The van der Waals surface area contributed by atoms with Crippen LogP contribution in [0.1, 0.15) is 128 Å². The van der Waals surface area contributed by atoms with Crippen molar-refractivity contribution in [1.82, 2.24) is 21.3 Å². The number of nitrogens with zero attached hydrogens (tertiary/aromatic N) is 4. The Morgan fingerprint density at radius 2 is 0.776 bits per heavy atom. The lowest BCUT2D eigenvalue weighted by Gasteiger charge is -2.23. The maximum atomic E-state index is 13.7. The zero-order valence-corrected chi connectivity index (χ0v) is 48.5. The van der Waals surface area contributed by atoms with E-state index in [-0.39, 0.29) is 11.9 Å². The van der Waals surface area contributed by atoms with Gasteiger partial charge in [-0.2, -0.15) is 0 Å². The van der Waals surface area contributed by atoms with E-state index in [1.807, 2.05) is 24.3 Å². The molecule has 0 amide bonds. The Labute approximate surface area is 497 Å². The number of halogens is 1. The molecule has 0 spiro atoms. The topological polar surface area (TPSA) is 155 Å². The highest BCUT2D eigenvalue weighted by Gasteiger charge is 2.28. The van der Waals surface area contributed by atoms with Gasteiger partial charge in [0, 0.05) is 39.4 Å². The van der Waals surface area contributed by atoms with Crippen molar-refractivity contribution in [2.45, 2.75) is 116 Å². The van der Waals surface area contributed by atoms with Crippen molar-refractivity contribution < 1.29 is 9.13 Å². The molecule has 0 saturated heterocycles. The molecule has 0 fully saturated rings. The molecule has 16 rings (SSSR count). The van der Waals surface area contributed by atoms with E-state index in [1.165, 1.54) is 84.2 Å². The summed E-state index contributed by atoms with van der Waals surface area (Å²) in [6.45, 7) is 6.82. The summed E-state index contributed by atoms with van der Waals surface area (Å²) in [6.07, 6.45) is 8.99. The second kappa shape index (κ2) is 24.8. The van der Waals surface area contributed by atoms with E-state index in [0.717, 1.165) is 111 Å². The van der Waals surface area contributed by atoms with Crippen molar-refractivity contribution in [3.8, 4) is 5.75 Å². The molecular weight excluding hydrogens is 1060 g/mol. The highest BCUT2D eigenvalue weighted by molar-refractivity contribution is 5.98. The zero-order valence-electron chi connectivity index (χ0n) is 48.5. The third-order valence-corrected chi connectivity index (χ3v) is 17.5. The Balaban J connectivity index is 0.000000105. The Kier molecular flexibility index (Phi) is 16.0. The summed E-state index contributed by atoms with van der Waals surface area (Å²) in [6, 6.07) is 59.9. The smallest absolute Gasteiger partial charge is 0.196 e. The average Bonchev–Trinajstić information content (AvgIpc) is 4.48. The number of rotatable bonds is 5. The summed E-state index contributed by atoms with van der Waals surface area (Å²) < 4.78 is 18.9. The third-order valence-electron chi connectivity index (χ3n) is 17.5. The maximum absolute atomic E-state index is 13.7. The number of ether oxygens (including phenoxy) is 1. The summed E-state index contributed by atoms with van der Waals surface area (Å²) in [4.78, 5) is 18.3. The lowest BCUT2D eigenvalue weighted by molar-refractivity contribution is 0.414. The number of nitrogens with one attached hydrogen (secondary N) is 8. The van der Waals surface area contributed by atoms with Gasteiger partial charge in [-0.05, 0) is 163 Å². The summed E-state index contributed by atoms with van der Waals surface area (Å²) >= 11 is 0. The molecule has 0 bridgehead atoms. The molecular formula is C71H73FN12O. The van der Waals surface area contributed by atoms with Gasteiger partial charge in [0.2, 0.25) is 0 Å². The van der Waals surface area contributed by atoms with Crippen LogP contribution >= 0.6 is 0 Å². The highest BCUT2D eigenvalue weighted by Crippen LogP contribution is 2.36. The molecule has 8 aromatic rings.